The van der Waals surface area contributed by atoms with Gasteiger partial charge in [-0.25, -0.2) is 9.38 Å². The molecule has 24 heavy (non-hydrogen) atoms. The van der Waals surface area contributed by atoms with Gasteiger partial charge in [-0.3, -0.25) is 0 Å². The Morgan fingerprint density at radius 3 is 2.79 bits per heavy atom. The molecule has 1 rings (SSSR count). The van der Waals surface area contributed by atoms with Crippen molar-refractivity contribution in [2.75, 3.05) is 31.6 Å². The molecule has 2 N–H and O–H groups in total. The topological polar surface area (TPSA) is 45.7 Å². The second-order valence-electron chi connectivity index (χ2n) is 5.23. The van der Waals surface area contributed by atoms with Crippen LogP contribution in [-0.4, -0.2) is 43.7 Å². The minimum Gasteiger partial charge on any atom is -0.489 e. The lowest BCUT2D eigenvalue weighted by Gasteiger charge is -2.15. The first-order chi connectivity index (χ1) is 11.2. The SMILES string of the molecule is CCNC(=NCC(C)Oc1cccc(F)c1)NCCCCSC.I. The fraction of sp³-hybridized carbons (Fsp3) is 0.588. The molecule has 0 aliphatic rings. The molecule has 0 heterocycles. The van der Waals surface area contributed by atoms with Crippen LogP contribution in [0.3, 0.4) is 0 Å². The number of ether oxygens (including phenoxy) is 1. The van der Waals surface area contributed by atoms with Crippen LogP contribution in [0.2, 0.25) is 0 Å². The van der Waals surface area contributed by atoms with Gasteiger partial charge in [0.25, 0.3) is 0 Å². The molecule has 1 atom stereocenters. The van der Waals surface area contributed by atoms with E-state index < -0.39 is 0 Å². The van der Waals surface area contributed by atoms with Gasteiger partial charge in [-0.05, 0) is 50.8 Å². The fourth-order valence-corrected chi connectivity index (χ4v) is 2.44. The number of aliphatic imine (C=N–C) groups is 1. The van der Waals surface area contributed by atoms with Gasteiger partial charge in [0.2, 0.25) is 0 Å². The number of hydrogen-bond acceptors (Lipinski definition) is 3. The van der Waals surface area contributed by atoms with Gasteiger partial charge in [0.05, 0.1) is 6.54 Å². The molecule has 0 bridgehead atoms. The number of nitrogens with zero attached hydrogens (tertiary/aromatic N) is 1. The summed E-state index contributed by atoms with van der Waals surface area (Å²) in [4.78, 5) is 4.52. The number of unbranched alkanes of at least 4 members (excludes halogenated alkanes) is 1. The van der Waals surface area contributed by atoms with Crippen molar-refractivity contribution in [2.45, 2.75) is 32.8 Å². The third-order valence-corrected chi connectivity index (χ3v) is 3.75. The van der Waals surface area contributed by atoms with Gasteiger partial charge < -0.3 is 15.4 Å². The maximum Gasteiger partial charge on any atom is 0.191 e. The number of guanidine groups is 1. The predicted molar refractivity (Wildman–Crippen MR) is 114 cm³/mol. The molecule has 0 saturated heterocycles. The highest BCUT2D eigenvalue weighted by atomic mass is 127. The first-order valence-electron chi connectivity index (χ1n) is 8.09. The highest BCUT2D eigenvalue weighted by Crippen LogP contribution is 2.13. The van der Waals surface area contributed by atoms with E-state index in [0.29, 0.717) is 12.3 Å². The monoisotopic (exact) mass is 469 g/mol. The Morgan fingerprint density at radius 1 is 1.33 bits per heavy atom. The Bertz CT molecular complexity index is 477. The maximum atomic E-state index is 13.1. The van der Waals surface area contributed by atoms with Crippen molar-refractivity contribution in [3.8, 4) is 5.75 Å². The molecule has 0 aliphatic carbocycles. The van der Waals surface area contributed by atoms with Gasteiger partial charge in [0, 0.05) is 19.2 Å². The molecule has 0 spiro atoms. The van der Waals surface area contributed by atoms with E-state index in [1.165, 1.54) is 24.3 Å². The molecule has 7 heteroatoms. The van der Waals surface area contributed by atoms with E-state index in [-0.39, 0.29) is 35.9 Å². The van der Waals surface area contributed by atoms with Crippen molar-refractivity contribution in [1.82, 2.24) is 10.6 Å². The van der Waals surface area contributed by atoms with Gasteiger partial charge in [-0.2, -0.15) is 11.8 Å². The summed E-state index contributed by atoms with van der Waals surface area (Å²) >= 11 is 1.87. The van der Waals surface area contributed by atoms with Crippen LogP contribution in [-0.2, 0) is 0 Å². The van der Waals surface area contributed by atoms with Gasteiger partial charge in [-0.1, -0.05) is 6.07 Å². The molecule has 0 radical (unpaired) electrons. The smallest absolute Gasteiger partial charge is 0.191 e. The molecule has 0 aromatic heterocycles. The van der Waals surface area contributed by atoms with Crippen LogP contribution < -0.4 is 15.4 Å². The Morgan fingerprint density at radius 2 is 2.12 bits per heavy atom. The van der Waals surface area contributed by atoms with Crippen molar-refractivity contribution in [2.24, 2.45) is 4.99 Å². The van der Waals surface area contributed by atoms with E-state index in [2.05, 4.69) is 21.9 Å². The van der Waals surface area contributed by atoms with Crippen LogP contribution in [0.5, 0.6) is 5.75 Å². The molecule has 0 aliphatic heterocycles. The zero-order valence-corrected chi connectivity index (χ0v) is 17.8. The quantitative estimate of drug-likeness (QED) is 0.236. The molecule has 1 aromatic carbocycles. The summed E-state index contributed by atoms with van der Waals surface area (Å²) in [6.45, 7) is 6.20. The van der Waals surface area contributed by atoms with E-state index in [1.807, 2.05) is 25.6 Å². The minimum absolute atomic E-state index is 0. The normalized spacial score (nSPS) is 12.2. The third-order valence-electron chi connectivity index (χ3n) is 3.05. The molecule has 0 saturated carbocycles. The molecule has 0 amide bonds. The van der Waals surface area contributed by atoms with Crippen LogP contribution in [0.1, 0.15) is 26.7 Å². The number of nitrogens with one attached hydrogen (secondary N) is 2. The Kier molecular flexibility index (Phi) is 14.2. The summed E-state index contributed by atoms with van der Waals surface area (Å²) in [5, 5.41) is 6.54. The highest BCUT2D eigenvalue weighted by Gasteiger charge is 2.05. The largest absolute Gasteiger partial charge is 0.489 e. The van der Waals surface area contributed by atoms with E-state index >= 15 is 0 Å². The first kappa shape index (κ1) is 23.3. The van der Waals surface area contributed by atoms with Crippen LogP contribution in [0.4, 0.5) is 4.39 Å². The molecule has 1 unspecified atom stereocenters. The van der Waals surface area contributed by atoms with Gasteiger partial charge >= 0.3 is 0 Å². The number of benzene rings is 1. The first-order valence-corrected chi connectivity index (χ1v) is 9.48. The van der Waals surface area contributed by atoms with E-state index in [0.717, 1.165) is 25.5 Å². The molecule has 0 fully saturated rings. The summed E-state index contributed by atoms with van der Waals surface area (Å²) in [5.41, 5.74) is 0. The zero-order chi connectivity index (χ0) is 16.9. The zero-order valence-electron chi connectivity index (χ0n) is 14.7. The minimum atomic E-state index is -0.293. The number of halogens is 2. The summed E-state index contributed by atoms with van der Waals surface area (Å²) in [7, 11) is 0. The number of hydrogen-bond donors (Lipinski definition) is 2. The molecule has 138 valence electrons. The standard InChI is InChI=1S/C17H28FN3OS.HI/c1-4-19-17(20-10-5-6-11-23-3)21-13-14(2)22-16-9-7-8-15(18)12-16;/h7-9,12,14H,4-6,10-11,13H2,1-3H3,(H2,19,20,21);1H. The fourth-order valence-electron chi connectivity index (χ4n) is 1.95. The summed E-state index contributed by atoms with van der Waals surface area (Å²) in [6.07, 6.45) is 4.33. The van der Waals surface area contributed by atoms with Crippen LogP contribution >= 0.6 is 35.7 Å². The molecular formula is C17H29FIN3OS. The van der Waals surface area contributed by atoms with Gasteiger partial charge in [-0.15, -0.1) is 24.0 Å². The van der Waals surface area contributed by atoms with Crippen molar-refractivity contribution in [3.05, 3.63) is 30.1 Å². The Labute approximate surface area is 166 Å². The Balaban J connectivity index is 0.00000529. The summed E-state index contributed by atoms with van der Waals surface area (Å²) < 4.78 is 18.8. The van der Waals surface area contributed by atoms with Crippen molar-refractivity contribution in [1.29, 1.82) is 0 Å². The van der Waals surface area contributed by atoms with E-state index in [1.54, 1.807) is 12.1 Å². The molecule has 1 aromatic rings. The second-order valence-corrected chi connectivity index (χ2v) is 6.22. The molecular weight excluding hydrogens is 440 g/mol. The van der Waals surface area contributed by atoms with Crippen LogP contribution in [0.15, 0.2) is 29.3 Å². The van der Waals surface area contributed by atoms with Crippen molar-refractivity contribution >= 4 is 41.7 Å². The number of thioether (sulfide) groups is 1. The molecule has 4 nitrogen and oxygen atoms in total. The second kappa shape index (κ2) is 14.6. The van der Waals surface area contributed by atoms with Crippen LogP contribution in [0, 0.1) is 5.82 Å². The van der Waals surface area contributed by atoms with Gasteiger partial charge in [0.1, 0.15) is 17.7 Å². The van der Waals surface area contributed by atoms with Crippen molar-refractivity contribution in [3.63, 3.8) is 0 Å². The lowest BCUT2D eigenvalue weighted by molar-refractivity contribution is 0.229. The summed E-state index contributed by atoms with van der Waals surface area (Å²) in [5.74, 6) is 2.22. The average molecular weight is 469 g/mol. The van der Waals surface area contributed by atoms with Gasteiger partial charge in [0.15, 0.2) is 5.96 Å². The highest BCUT2D eigenvalue weighted by molar-refractivity contribution is 14.0. The lowest BCUT2D eigenvalue weighted by Crippen LogP contribution is -2.38. The van der Waals surface area contributed by atoms with Crippen LogP contribution in [0.25, 0.3) is 0 Å². The summed E-state index contributed by atoms with van der Waals surface area (Å²) in [6, 6.07) is 6.18. The maximum absolute atomic E-state index is 13.1. The Hall–Kier alpha value is -0.700. The predicted octanol–water partition coefficient (Wildman–Crippen LogP) is 3.91. The van der Waals surface area contributed by atoms with Crippen molar-refractivity contribution < 1.29 is 9.13 Å². The average Bonchev–Trinajstić information content (AvgIpc) is 2.52. The third kappa shape index (κ3) is 11.0. The van der Waals surface area contributed by atoms with E-state index in [4.69, 9.17) is 4.74 Å². The van der Waals surface area contributed by atoms with E-state index in [9.17, 15) is 4.39 Å². The number of rotatable bonds is 10. The lowest BCUT2D eigenvalue weighted by atomic mass is 10.3.